The summed E-state index contributed by atoms with van der Waals surface area (Å²) in [6.45, 7) is 2.57. The summed E-state index contributed by atoms with van der Waals surface area (Å²) in [5.74, 6) is -0.0233. The van der Waals surface area contributed by atoms with Gasteiger partial charge in [0.1, 0.15) is 0 Å². The molecule has 0 unspecified atom stereocenters. The number of benzene rings is 2. The minimum absolute atomic E-state index is 0.0233. The van der Waals surface area contributed by atoms with Gasteiger partial charge in [-0.15, -0.1) is 0 Å². The molecule has 2 aromatic rings. The van der Waals surface area contributed by atoms with Crippen LogP contribution < -0.4 is 10.6 Å². The lowest BCUT2D eigenvalue weighted by atomic mass is 10.2. The first kappa shape index (κ1) is 16.5. The second-order valence-corrected chi connectivity index (χ2v) is 5.20. The minimum Gasteiger partial charge on any atom is -0.385 e. The van der Waals surface area contributed by atoms with E-state index in [4.69, 9.17) is 0 Å². The number of anilines is 2. The van der Waals surface area contributed by atoms with Gasteiger partial charge in [-0.05, 0) is 37.1 Å². The molecule has 0 saturated carbocycles. The maximum absolute atomic E-state index is 11.9. The van der Waals surface area contributed by atoms with Crippen LogP contribution in [0.2, 0.25) is 0 Å². The van der Waals surface area contributed by atoms with E-state index in [1.165, 1.54) is 12.1 Å². The molecule has 0 atom stereocenters. The van der Waals surface area contributed by atoms with E-state index in [0.29, 0.717) is 19.4 Å². The first-order chi connectivity index (χ1) is 11.1. The number of hydrogen-bond donors (Lipinski definition) is 2. The average Bonchev–Trinajstić information content (AvgIpc) is 2.54. The predicted molar refractivity (Wildman–Crippen MR) is 90.6 cm³/mol. The molecule has 2 rings (SSSR count). The third-order valence-corrected chi connectivity index (χ3v) is 3.41. The first-order valence-corrected chi connectivity index (χ1v) is 7.40. The Labute approximate surface area is 134 Å². The summed E-state index contributed by atoms with van der Waals surface area (Å²) in [5.41, 5.74) is 2.73. The number of hydrogen-bond acceptors (Lipinski definition) is 4. The molecule has 1 amide bonds. The standard InChI is InChI=1S/C17H19N3O3/c1-13-5-2-3-6-16(13)19-17(21)7-4-12-18-14-8-10-15(11-9-14)20(22)23/h2-3,5-6,8-11,18H,4,7,12H2,1H3,(H,19,21). The van der Waals surface area contributed by atoms with Crippen LogP contribution in [0.5, 0.6) is 0 Å². The number of nitrogens with one attached hydrogen (secondary N) is 2. The summed E-state index contributed by atoms with van der Waals surface area (Å²) >= 11 is 0. The molecule has 0 bridgehead atoms. The second-order valence-electron chi connectivity index (χ2n) is 5.20. The fourth-order valence-corrected chi connectivity index (χ4v) is 2.11. The number of nitro benzene ring substituents is 1. The summed E-state index contributed by atoms with van der Waals surface area (Å²) in [6.07, 6.45) is 1.09. The summed E-state index contributed by atoms with van der Waals surface area (Å²) in [5, 5.41) is 16.6. The molecule has 2 aromatic carbocycles. The van der Waals surface area contributed by atoms with E-state index in [1.807, 2.05) is 31.2 Å². The van der Waals surface area contributed by atoms with Gasteiger partial charge in [-0.25, -0.2) is 0 Å². The van der Waals surface area contributed by atoms with Gasteiger partial charge in [0.2, 0.25) is 5.91 Å². The molecule has 0 heterocycles. The highest BCUT2D eigenvalue weighted by atomic mass is 16.6. The van der Waals surface area contributed by atoms with E-state index >= 15 is 0 Å². The zero-order valence-electron chi connectivity index (χ0n) is 12.9. The van der Waals surface area contributed by atoms with Gasteiger partial charge in [0.25, 0.3) is 5.69 Å². The van der Waals surface area contributed by atoms with Gasteiger partial charge in [-0.3, -0.25) is 14.9 Å². The van der Waals surface area contributed by atoms with Crippen molar-refractivity contribution in [3.8, 4) is 0 Å². The average molecular weight is 313 g/mol. The van der Waals surface area contributed by atoms with Crippen molar-refractivity contribution in [2.24, 2.45) is 0 Å². The van der Waals surface area contributed by atoms with Gasteiger partial charge in [0.05, 0.1) is 4.92 Å². The van der Waals surface area contributed by atoms with Crippen LogP contribution in [0, 0.1) is 17.0 Å². The molecular formula is C17H19N3O3. The van der Waals surface area contributed by atoms with E-state index in [9.17, 15) is 14.9 Å². The molecule has 6 heteroatoms. The molecule has 0 aliphatic carbocycles. The summed E-state index contributed by atoms with van der Waals surface area (Å²) in [6, 6.07) is 13.9. The summed E-state index contributed by atoms with van der Waals surface area (Å²) in [4.78, 5) is 22.0. The van der Waals surface area contributed by atoms with E-state index in [-0.39, 0.29) is 11.6 Å². The largest absolute Gasteiger partial charge is 0.385 e. The number of amides is 1. The molecule has 6 nitrogen and oxygen atoms in total. The number of aryl methyl sites for hydroxylation is 1. The van der Waals surface area contributed by atoms with Crippen LogP contribution in [-0.2, 0) is 4.79 Å². The van der Waals surface area contributed by atoms with Gasteiger partial charge < -0.3 is 10.6 Å². The fourth-order valence-electron chi connectivity index (χ4n) is 2.11. The molecule has 0 fully saturated rings. The number of nitrogens with zero attached hydrogens (tertiary/aromatic N) is 1. The van der Waals surface area contributed by atoms with Crippen molar-refractivity contribution in [1.29, 1.82) is 0 Å². The van der Waals surface area contributed by atoms with E-state index in [2.05, 4.69) is 10.6 Å². The van der Waals surface area contributed by atoms with Gasteiger partial charge in [-0.2, -0.15) is 0 Å². The van der Waals surface area contributed by atoms with Crippen LogP contribution >= 0.6 is 0 Å². The van der Waals surface area contributed by atoms with Crippen LogP contribution in [0.3, 0.4) is 0 Å². The van der Waals surface area contributed by atoms with Crippen LogP contribution in [0.25, 0.3) is 0 Å². The normalized spacial score (nSPS) is 10.1. The van der Waals surface area contributed by atoms with E-state index in [1.54, 1.807) is 12.1 Å². The lowest BCUT2D eigenvalue weighted by Gasteiger charge is -2.09. The van der Waals surface area contributed by atoms with Gasteiger partial charge >= 0.3 is 0 Å². The van der Waals surface area contributed by atoms with E-state index < -0.39 is 4.92 Å². The third kappa shape index (κ3) is 5.10. The monoisotopic (exact) mass is 313 g/mol. The quantitative estimate of drug-likeness (QED) is 0.463. The lowest BCUT2D eigenvalue weighted by molar-refractivity contribution is -0.384. The van der Waals surface area contributed by atoms with Crippen LogP contribution in [-0.4, -0.2) is 17.4 Å². The molecule has 2 N–H and O–H groups in total. The smallest absolute Gasteiger partial charge is 0.269 e. The fraction of sp³-hybridized carbons (Fsp3) is 0.235. The number of nitro groups is 1. The van der Waals surface area contributed by atoms with Crippen molar-refractivity contribution < 1.29 is 9.72 Å². The summed E-state index contributed by atoms with van der Waals surface area (Å²) < 4.78 is 0. The molecule has 0 aliphatic rings. The topological polar surface area (TPSA) is 84.3 Å². The Kier molecular flexibility index (Phi) is 5.68. The van der Waals surface area contributed by atoms with Crippen LogP contribution in [0.15, 0.2) is 48.5 Å². The zero-order chi connectivity index (χ0) is 16.7. The highest BCUT2D eigenvalue weighted by Crippen LogP contribution is 2.16. The van der Waals surface area contributed by atoms with Crippen LogP contribution in [0.1, 0.15) is 18.4 Å². The number of carbonyl (C=O) groups excluding carboxylic acids is 1. The number of non-ortho nitro benzene ring substituents is 1. The van der Waals surface area contributed by atoms with E-state index in [0.717, 1.165) is 16.9 Å². The Morgan fingerprint density at radius 1 is 1.13 bits per heavy atom. The number of rotatable bonds is 7. The molecule has 0 aromatic heterocycles. The minimum atomic E-state index is -0.431. The molecule has 0 saturated heterocycles. The molecule has 0 radical (unpaired) electrons. The Hall–Kier alpha value is -2.89. The van der Waals surface area contributed by atoms with Crippen molar-refractivity contribution in [3.63, 3.8) is 0 Å². The van der Waals surface area contributed by atoms with Gasteiger partial charge in [-0.1, -0.05) is 18.2 Å². The maximum atomic E-state index is 11.9. The van der Waals surface area contributed by atoms with Gasteiger partial charge in [0.15, 0.2) is 0 Å². The van der Waals surface area contributed by atoms with Gasteiger partial charge in [0, 0.05) is 36.5 Å². The Bertz CT molecular complexity index is 684. The van der Waals surface area contributed by atoms with Crippen molar-refractivity contribution in [3.05, 3.63) is 64.2 Å². The Balaban J connectivity index is 1.71. The van der Waals surface area contributed by atoms with Crippen LogP contribution in [0.4, 0.5) is 17.1 Å². The number of para-hydroxylation sites is 1. The van der Waals surface area contributed by atoms with Crippen molar-refractivity contribution in [2.45, 2.75) is 19.8 Å². The third-order valence-electron chi connectivity index (χ3n) is 3.41. The lowest BCUT2D eigenvalue weighted by Crippen LogP contribution is -2.14. The first-order valence-electron chi connectivity index (χ1n) is 7.40. The SMILES string of the molecule is Cc1ccccc1NC(=O)CCCNc1ccc([N+](=O)[O-])cc1. The Morgan fingerprint density at radius 3 is 2.48 bits per heavy atom. The Morgan fingerprint density at radius 2 is 1.83 bits per heavy atom. The highest BCUT2D eigenvalue weighted by Gasteiger charge is 2.05. The van der Waals surface area contributed by atoms with Crippen molar-refractivity contribution in [1.82, 2.24) is 0 Å². The number of carbonyl (C=O) groups is 1. The highest BCUT2D eigenvalue weighted by molar-refractivity contribution is 5.91. The predicted octanol–water partition coefficient (Wildman–Crippen LogP) is 3.73. The maximum Gasteiger partial charge on any atom is 0.269 e. The van der Waals surface area contributed by atoms with Crippen molar-refractivity contribution in [2.75, 3.05) is 17.2 Å². The summed E-state index contributed by atoms with van der Waals surface area (Å²) in [7, 11) is 0. The zero-order valence-corrected chi connectivity index (χ0v) is 12.9. The molecule has 23 heavy (non-hydrogen) atoms. The van der Waals surface area contributed by atoms with Crippen molar-refractivity contribution >= 4 is 23.0 Å². The molecule has 0 aliphatic heterocycles. The molecular weight excluding hydrogens is 294 g/mol. The molecule has 0 spiro atoms. The second kappa shape index (κ2) is 7.93. The molecule has 120 valence electrons.